The second-order valence-electron chi connectivity index (χ2n) is 6.05. The lowest BCUT2D eigenvalue weighted by Crippen LogP contribution is -2.29. The van der Waals surface area contributed by atoms with Crippen LogP contribution < -0.4 is 10.1 Å². The molecule has 0 bridgehead atoms. The lowest BCUT2D eigenvalue weighted by molar-refractivity contribution is -0.123. The van der Waals surface area contributed by atoms with E-state index in [4.69, 9.17) is 9.47 Å². The van der Waals surface area contributed by atoms with Crippen LogP contribution in [0.3, 0.4) is 0 Å². The van der Waals surface area contributed by atoms with Crippen LogP contribution in [0.5, 0.6) is 5.75 Å². The number of esters is 1. The molecular weight excluding hydrogens is 376 g/mol. The van der Waals surface area contributed by atoms with E-state index in [2.05, 4.69) is 10.3 Å². The number of hydrogen-bond acceptors (Lipinski definition) is 6. The molecule has 1 N–H and O–H groups in total. The molecule has 144 valence electrons. The monoisotopic (exact) mass is 396 g/mol. The molecule has 2 aromatic carbocycles. The minimum atomic E-state index is -0.968. The summed E-state index contributed by atoms with van der Waals surface area (Å²) < 4.78 is 10.5. The van der Waals surface area contributed by atoms with Gasteiger partial charge in [-0.2, -0.15) is 0 Å². The molecular formula is C21H20N2O4S. The number of thiazole rings is 1. The Labute approximate surface area is 167 Å². The van der Waals surface area contributed by atoms with E-state index in [0.29, 0.717) is 22.0 Å². The fraction of sp³-hybridized carbons (Fsp3) is 0.190. The number of ether oxygens (including phenoxy) is 2. The SMILES string of the molecule is COc1cccc(NC(=O)[C@H](C)OC(=O)c2sc(C)nc2-c2ccccc2)c1. The van der Waals surface area contributed by atoms with Crippen LogP contribution in [0.2, 0.25) is 0 Å². The molecule has 0 spiro atoms. The van der Waals surface area contributed by atoms with Gasteiger partial charge in [0.1, 0.15) is 10.6 Å². The average molecular weight is 396 g/mol. The van der Waals surface area contributed by atoms with Crippen molar-refractivity contribution in [3.8, 4) is 17.0 Å². The molecule has 0 unspecified atom stereocenters. The van der Waals surface area contributed by atoms with E-state index in [-0.39, 0.29) is 0 Å². The highest BCUT2D eigenvalue weighted by molar-refractivity contribution is 7.14. The maximum absolute atomic E-state index is 12.7. The van der Waals surface area contributed by atoms with E-state index in [0.717, 1.165) is 10.6 Å². The van der Waals surface area contributed by atoms with Crippen LogP contribution in [0.25, 0.3) is 11.3 Å². The summed E-state index contributed by atoms with van der Waals surface area (Å²) in [6.45, 7) is 3.36. The van der Waals surface area contributed by atoms with E-state index < -0.39 is 18.0 Å². The number of nitrogens with one attached hydrogen (secondary N) is 1. The van der Waals surface area contributed by atoms with Crippen molar-refractivity contribution >= 4 is 28.9 Å². The smallest absolute Gasteiger partial charge is 0.351 e. The molecule has 0 aliphatic carbocycles. The summed E-state index contributed by atoms with van der Waals surface area (Å²) in [4.78, 5) is 29.9. The summed E-state index contributed by atoms with van der Waals surface area (Å²) in [5, 5.41) is 3.47. The van der Waals surface area contributed by atoms with Gasteiger partial charge in [-0.3, -0.25) is 4.79 Å². The highest BCUT2D eigenvalue weighted by atomic mass is 32.1. The zero-order valence-electron chi connectivity index (χ0n) is 15.8. The Balaban J connectivity index is 1.71. The Morgan fingerprint density at radius 2 is 1.86 bits per heavy atom. The Kier molecular flexibility index (Phi) is 6.06. The first kappa shape index (κ1) is 19.6. The normalized spacial score (nSPS) is 11.5. The third-order valence-electron chi connectivity index (χ3n) is 3.96. The molecule has 0 aliphatic rings. The lowest BCUT2D eigenvalue weighted by atomic mass is 10.1. The maximum atomic E-state index is 12.7. The van der Waals surface area contributed by atoms with Gasteiger partial charge in [0.05, 0.1) is 17.8 Å². The highest BCUT2D eigenvalue weighted by Crippen LogP contribution is 2.29. The third kappa shape index (κ3) is 4.55. The first-order valence-corrected chi connectivity index (χ1v) is 9.48. The molecule has 0 aliphatic heterocycles. The van der Waals surface area contributed by atoms with E-state index in [9.17, 15) is 9.59 Å². The van der Waals surface area contributed by atoms with Gasteiger partial charge in [0.25, 0.3) is 5.91 Å². The number of rotatable bonds is 6. The molecule has 0 fully saturated rings. The number of hydrogen-bond donors (Lipinski definition) is 1. The Morgan fingerprint density at radius 1 is 1.11 bits per heavy atom. The van der Waals surface area contributed by atoms with Gasteiger partial charge in [-0.1, -0.05) is 36.4 Å². The quantitative estimate of drug-likeness (QED) is 0.628. The summed E-state index contributed by atoms with van der Waals surface area (Å²) in [7, 11) is 1.55. The fourth-order valence-electron chi connectivity index (χ4n) is 2.57. The average Bonchev–Trinajstić information content (AvgIpc) is 3.10. The number of carbonyl (C=O) groups is 2. The first-order chi connectivity index (χ1) is 13.5. The van der Waals surface area contributed by atoms with Gasteiger partial charge in [0.15, 0.2) is 6.10 Å². The minimum absolute atomic E-state index is 0.379. The summed E-state index contributed by atoms with van der Waals surface area (Å²) in [6.07, 6.45) is -0.968. The number of carbonyl (C=O) groups excluding carboxylic acids is 2. The van der Waals surface area contributed by atoms with Crippen LogP contribution >= 0.6 is 11.3 Å². The molecule has 3 rings (SSSR count). The van der Waals surface area contributed by atoms with Gasteiger partial charge in [0, 0.05) is 17.3 Å². The van der Waals surface area contributed by atoms with Crippen molar-refractivity contribution in [3.63, 3.8) is 0 Å². The maximum Gasteiger partial charge on any atom is 0.351 e. The number of nitrogens with zero attached hydrogens (tertiary/aromatic N) is 1. The number of benzene rings is 2. The summed E-state index contributed by atoms with van der Waals surface area (Å²) in [5.74, 6) is -0.378. The lowest BCUT2D eigenvalue weighted by Gasteiger charge is -2.14. The van der Waals surface area contributed by atoms with Crippen LogP contribution in [-0.4, -0.2) is 30.1 Å². The number of methoxy groups -OCH3 is 1. The van der Waals surface area contributed by atoms with Crippen molar-refractivity contribution < 1.29 is 19.1 Å². The van der Waals surface area contributed by atoms with Crippen LogP contribution in [0.4, 0.5) is 5.69 Å². The van der Waals surface area contributed by atoms with Gasteiger partial charge in [0.2, 0.25) is 0 Å². The molecule has 0 saturated carbocycles. The van der Waals surface area contributed by atoms with Gasteiger partial charge in [-0.15, -0.1) is 11.3 Å². The molecule has 6 nitrogen and oxygen atoms in total. The van der Waals surface area contributed by atoms with Gasteiger partial charge < -0.3 is 14.8 Å². The zero-order chi connectivity index (χ0) is 20.1. The number of anilines is 1. The second kappa shape index (κ2) is 8.67. The van der Waals surface area contributed by atoms with Crippen molar-refractivity contribution in [3.05, 3.63) is 64.5 Å². The van der Waals surface area contributed by atoms with Crippen molar-refractivity contribution in [2.75, 3.05) is 12.4 Å². The molecule has 7 heteroatoms. The van der Waals surface area contributed by atoms with Crippen LogP contribution in [0.15, 0.2) is 54.6 Å². The fourth-order valence-corrected chi connectivity index (χ4v) is 3.39. The van der Waals surface area contributed by atoms with Crippen molar-refractivity contribution in [1.82, 2.24) is 4.98 Å². The van der Waals surface area contributed by atoms with Crippen molar-refractivity contribution in [2.24, 2.45) is 0 Å². The summed E-state index contributed by atoms with van der Waals surface area (Å²) >= 11 is 1.25. The predicted octanol–water partition coefficient (Wildman–Crippen LogP) is 4.31. The second-order valence-corrected chi connectivity index (χ2v) is 7.25. The Morgan fingerprint density at radius 3 is 2.57 bits per heavy atom. The molecule has 1 aromatic heterocycles. The van der Waals surface area contributed by atoms with Gasteiger partial charge >= 0.3 is 5.97 Å². The van der Waals surface area contributed by atoms with E-state index >= 15 is 0 Å². The number of aromatic nitrogens is 1. The zero-order valence-corrected chi connectivity index (χ0v) is 16.6. The molecule has 1 heterocycles. The molecule has 0 radical (unpaired) electrons. The van der Waals surface area contributed by atoms with Crippen molar-refractivity contribution in [1.29, 1.82) is 0 Å². The van der Waals surface area contributed by atoms with Crippen LogP contribution in [-0.2, 0) is 9.53 Å². The molecule has 0 saturated heterocycles. The largest absolute Gasteiger partial charge is 0.497 e. The summed E-state index contributed by atoms with van der Waals surface area (Å²) in [6, 6.07) is 16.4. The number of aryl methyl sites for hydroxylation is 1. The standard InChI is InChI=1S/C21H20N2O4S/c1-13(20(24)23-16-10-7-11-17(12-16)26-3)27-21(25)19-18(22-14(2)28-19)15-8-5-4-6-9-15/h4-13H,1-3H3,(H,23,24)/t13-/m0/s1. The molecule has 1 atom stereocenters. The number of amides is 1. The van der Waals surface area contributed by atoms with E-state index in [1.54, 1.807) is 31.4 Å². The highest BCUT2D eigenvalue weighted by Gasteiger charge is 2.24. The Bertz CT molecular complexity index is 985. The topological polar surface area (TPSA) is 77.5 Å². The molecule has 3 aromatic rings. The first-order valence-electron chi connectivity index (χ1n) is 8.66. The van der Waals surface area contributed by atoms with Crippen molar-refractivity contribution in [2.45, 2.75) is 20.0 Å². The molecule has 28 heavy (non-hydrogen) atoms. The minimum Gasteiger partial charge on any atom is -0.497 e. The van der Waals surface area contributed by atoms with E-state index in [1.165, 1.54) is 18.3 Å². The van der Waals surface area contributed by atoms with Crippen LogP contribution in [0, 0.1) is 6.92 Å². The molecule has 1 amide bonds. The predicted molar refractivity (Wildman–Crippen MR) is 109 cm³/mol. The third-order valence-corrected chi connectivity index (χ3v) is 4.91. The Hall–Kier alpha value is -3.19. The summed E-state index contributed by atoms with van der Waals surface area (Å²) in [5.41, 5.74) is 1.95. The van der Waals surface area contributed by atoms with E-state index in [1.807, 2.05) is 37.3 Å². The van der Waals surface area contributed by atoms with Gasteiger partial charge in [-0.05, 0) is 26.0 Å². The van der Waals surface area contributed by atoms with Crippen LogP contribution in [0.1, 0.15) is 21.6 Å². The van der Waals surface area contributed by atoms with Gasteiger partial charge in [-0.25, -0.2) is 9.78 Å².